The van der Waals surface area contributed by atoms with Crippen molar-refractivity contribution in [2.24, 2.45) is 0 Å². The molecule has 4 aromatic carbocycles. The van der Waals surface area contributed by atoms with Gasteiger partial charge in [-0.3, -0.25) is 4.79 Å². The number of anilines is 2. The molecule has 3 N–H and O–H groups in total. The van der Waals surface area contributed by atoms with Gasteiger partial charge in [0.05, 0.1) is 6.61 Å². The third-order valence-electron chi connectivity index (χ3n) is 6.98. The first kappa shape index (κ1) is 27.1. The molecule has 1 heterocycles. The second-order valence-electron chi connectivity index (χ2n) is 10.1. The molecule has 0 aliphatic carbocycles. The summed E-state index contributed by atoms with van der Waals surface area (Å²) in [5, 5.41) is 8.84. The van der Waals surface area contributed by atoms with Crippen molar-refractivity contribution < 1.29 is 14.3 Å². The van der Waals surface area contributed by atoms with Gasteiger partial charge in [0, 0.05) is 29.5 Å². The molecular formula is C33H34N4O3. The summed E-state index contributed by atoms with van der Waals surface area (Å²) in [6.45, 7) is 1.97. The van der Waals surface area contributed by atoms with Crippen LogP contribution in [0.15, 0.2) is 109 Å². The van der Waals surface area contributed by atoms with E-state index in [1.165, 1.54) is 0 Å². The van der Waals surface area contributed by atoms with Gasteiger partial charge in [-0.1, -0.05) is 84.9 Å². The molecular weight excluding hydrogens is 500 g/mol. The van der Waals surface area contributed by atoms with E-state index in [1.54, 1.807) is 12.1 Å². The van der Waals surface area contributed by atoms with Gasteiger partial charge >= 0.3 is 6.03 Å². The number of carbonyl (C=O) groups excluding carboxylic acids is 2. The summed E-state index contributed by atoms with van der Waals surface area (Å²) in [6, 6.07) is 34.4. The van der Waals surface area contributed by atoms with E-state index in [0.29, 0.717) is 16.9 Å². The highest BCUT2D eigenvalue weighted by atomic mass is 16.5. The number of likely N-dealkylation sites (tertiary alicyclic amines) is 1. The zero-order chi connectivity index (χ0) is 27.7. The molecule has 0 aromatic heterocycles. The fourth-order valence-corrected chi connectivity index (χ4v) is 4.94. The third-order valence-corrected chi connectivity index (χ3v) is 6.98. The van der Waals surface area contributed by atoms with Gasteiger partial charge < -0.3 is 25.6 Å². The first-order valence-corrected chi connectivity index (χ1v) is 13.5. The number of nitrogens with zero attached hydrogens (tertiary/aromatic N) is 1. The minimum Gasteiger partial charge on any atom is -0.364 e. The Balaban J connectivity index is 1.37. The van der Waals surface area contributed by atoms with E-state index in [-0.39, 0.29) is 30.7 Å². The standard InChI is InChI=1S/C33H34N4O3/c1-37-20-19-29(22-37)34-32(38)30-21-28(36-33(39)35-27-15-9-4-10-16-27)18-17-26(30)23-40-31(24-11-5-2-6-12-24)25-13-7-3-8-14-25/h2-18,21,29,31H,19-20,22-23H2,1H3,(H,34,38)(H2,35,36,39). The highest BCUT2D eigenvalue weighted by Crippen LogP contribution is 2.28. The molecule has 1 fully saturated rings. The maximum atomic E-state index is 13.5. The fraction of sp³-hybridized carbons (Fsp3) is 0.212. The molecule has 0 saturated carbocycles. The summed E-state index contributed by atoms with van der Waals surface area (Å²) in [7, 11) is 2.05. The van der Waals surface area contributed by atoms with Gasteiger partial charge in [-0.05, 0) is 61.0 Å². The van der Waals surface area contributed by atoms with Gasteiger partial charge in [0.2, 0.25) is 0 Å². The van der Waals surface area contributed by atoms with Crippen molar-refractivity contribution in [3.8, 4) is 0 Å². The zero-order valence-corrected chi connectivity index (χ0v) is 22.5. The number of nitrogens with one attached hydrogen (secondary N) is 3. The molecule has 0 bridgehead atoms. The Morgan fingerprint density at radius 1 is 0.825 bits per heavy atom. The van der Waals surface area contributed by atoms with E-state index in [1.807, 2.05) is 97.1 Å². The lowest BCUT2D eigenvalue weighted by molar-refractivity contribution is 0.0655. The molecule has 3 amide bonds. The number of amides is 3. The molecule has 0 spiro atoms. The van der Waals surface area contributed by atoms with Crippen LogP contribution in [0.25, 0.3) is 0 Å². The van der Waals surface area contributed by atoms with E-state index in [9.17, 15) is 9.59 Å². The van der Waals surface area contributed by atoms with Crippen LogP contribution in [0.3, 0.4) is 0 Å². The highest BCUT2D eigenvalue weighted by molar-refractivity contribution is 6.02. The predicted octanol–water partition coefficient (Wildman–Crippen LogP) is 6.07. The average Bonchev–Trinajstić information content (AvgIpc) is 3.39. The Labute approximate surface area is 235 Å². The van der Waals surface area contributed by atoms with Crippen molar-refractivity contribution in [3.63, 3.8) is 0 Å². The van der Waals surface area contributed by atoms with Gasteiger partial charge in [0.15, 0.2) is 0 Å². The predicted molar refractivity (Wildman–Crippen MR) is 158 cm³/mol. The van der Waals surface area contributed by atoms with Crippen LogP contribution < -0.4 is 16.0 Å². The van der Waals surface area contributed by atoms with Crippen molar-refractivity contribution in [1.29, 1.82) is 0 Å². The smallest absolute Gasteiger partial charge is 0.323 e. The number of likely N-dealkylation sites (N-methyl/N-ethyl adjacent to an activating group) is 1. The fourth-order valence-electron chi connectivity index (χ4n) is 4.94. The Bertz CT molecular complexity index is 1370. The lowest BCUT2D eigenvalue weighted by atomic mass is 10.0. The molecule has 204 valence electrons. The van der Waals surface area contributed by atoms with Crippen LogP contribution in [0.4, 0.5) is 16.2 Å². The summed E-state index contributed by atoms with van der Waals surface area (Å²) in [4.78, 5) is 28.4. The molecule has 7 nitrogen and oxygen atoms in total. The summed E-state index contributed by atoms with van der Waals surface area (Å²) < 4.78 is 6.49. The topological polar surface area (TPSA) is 82.7 Å². The normalized spacial score (nSPS) is 15.1. The van der Waals surface area contributed by atoms with E-state index in [4.69, 9.17) is 4.74 Å². The Kier molecular flexibility index (Phi) is 8.86. The van der Waals surface area contributed by atoms with Crippen LogP contribution in [0.5, 0.6) is 0 Å². The second kappa shape index (κ2) is 13.1. The monoisotopic (exact) mass is 534 g/mol. The highest BCUT2D eigenvalue weighted by Gasteiger charge is 2.24. The van der Waals surface area contributed by atoms with E-state index < -0.39 is 0 Å². The Hall–Kier alpha value is -4.46. The molecule has 1 unspecified atom stereocenters. The lowest BCUT2D eigenvalue weighted by Gasteiger charge is -2.21. The molecule has 0 radical (unpaired) electrons. The first-order chi connectivity index (χ1) is 19.5. The van der Waals surface area contributed by atoms with Gasteiger partial charge in [-0.25, -0.2) is 4.79 Å². The molecule has 1 aliphatic heterocycles. The van der Waals surface area contributed by atoms with Crippen molar-refractivity contribution in [2.75, 3.05) is 30.8 Å². The van der Waals surface area contributed by atoms with Gasteiger partial charge in [-0.15, -0.1) is 0 Å². The number of ether oxygens (including phenoxy) is 1. The van der Waals surface area contributed by atoms with E-state index in [2.05, 4.69) is 27.9 Å². The molecule has 1 saturated heterocycles. The quantitative estimate of drug-likeness (QED) is 0.243. The Morgan fingerprint density at radius 3 is 2.02 bits per heavy atom. The molecule has 5 rings (SSSR count). The van der Waals surface area contributed by atoms with Crippen LogP contribution in [-0.4, -0.2) is 43.0 Å². The number of hydrogen-bond donors (Lipinski definition) is 3. The average molecular weight is 535 g/mol. The lowest BCUT2D eigenvalue weighted by Crippen LogP contribution is -2.37. The minimum absolute atomic E-state index is 0.0747. The van der Waals surface area contributed by atoms with Crippen molar-refractivity contribution in [1.82, 2.24) is 10.2 Å². The summed E-state index contributed by atoms with van der Waals surface area (Å²) in [6.07, 6.45) is 0.603. The maximum Gasteiger partial charge on any atom is 0.323 e. The largest absolute Gasteiger partial charge is 0.364 e. The van der Waals surface area contributed by atoms with Crippen LogP contribution in [-0.2, 0) is 11.3 Å². The number of rotatable bonds is 9. The van der Waals surface area contributed by atoms with Crippen LogP contribution in [0.1, 0.15) is 39.6 Å². The maximum absolute atomic E-state index is 13.5. The summed E-state index contributed by atoms with van der Waals surface area (Å²) in [5.41, 5.74) is 4.49. The number of hydrogen-bond acceptors (Lipinski definition) is 4. The summed E-state index contributed by atoms with van der Waals surface area (Å²) >= 11 is 0. The van der Waals surface area contributed by atoms with Crippen LogP contribution in [0, 0.1) is 0 Å². The molecule has 4 aromatic rings. The number of benzene rings is 4. The van der Waals surface area contributed by atoms with Gasteiger partial charge in [0.1, 0.15) is 6.10 Å². The second-order valence-corrected chi connectivity index (χ2v) is 10.1. The van der Waals surface area contributed by atoms with Crippen molar-refractivity contribution in [2.45, 2.75) is 25.2 Å². The van der Waals surface area contributed by atoms with E-state index >= 15 is 0 Å². The van der Waals surface area contributed by atoms with Crippen molar-refractivity contribution >= 4 is 23.3 Å². The minimum atomic E-state index is -0.382. The molecule has 1 atom stereocenters. The molecule has 7 heteroatoms. The van der Waals surface area contributed by atoms with E-state index in [0.717, 1.165) is 36.2 Å². The number of carbonyl (C=O) groups is 2. The SMILES string of the molecule is CN1CCC(NC(=O)c2cc(NC(=O)Nc3ccccc3)ccc2COC(c2ccccc2)c2ccccc2)C1. The first-order valence-electron chi connectivity index (χ1n) is 13.5. The van der Waals surface area contributed by atoms with Crippen molar-refractivity contribution in [3.05, 3.63) is 131 Å². The van der Waals surface area contributed by atoms with Gasteiger partial charge in [0.25, 0.3) is 5.91 Å². The van der Waals surface area contributed by atoms with Crippen LogP contribution in [0.2, 0.25) is 0 Å². The zero-order valence-electron chi connectivity index (χ0n) is 22.5. The van der Waals surface area contributed by atoms with Crippen LogP contribution >= 0.6 is 0 Å². The Morgan fingerprint density at radius 2 is 1.43 bits per heavy atom. The summed E-state index contributed by atoms with van der Waals surface area (Å²) in [5.74, 6) is -0.179. The third kappa shape index (κ3) is 7.14. The molecule has 40 heavy (non-hydrogen) atoms. The van der Waals surface area contributed by atoms with Gasteiger partial charge in [-0.2, -0.15) is 0 Å². The number of para-hydroxylation sites is 1. The number of urea groups is 1. The molecule has 1 aliphatic rings.